The minimum atomic E-state index is -0.105. The molecule has 0 N–H and O–H groups in total. The van der Waals surface area contributed by atoms with Gasteiger partial charge in [0.15, 0.2) is 0 Å². The second kappa shape index (κ2) is 7.24. The number of methoxy groups -OCH3 is 2. The van der Waals surface area contributed by atoms with Crippen molar-refractivity contribution < 1.29 is 14.3 Å². The molecule has 0 aliphatic rings. The summed E-state index contributed by atoms with van der Waals surface area (Å²) in [5, 5.41) is 0. The van der Waals surface area contributed by atoms with Gasteiger partial charge in [0.05, 0.1) is 19.8 Å². The molecule has 1 aromatic rings. The highest BCUT2D eigenvalue weighted by molar-refractivity contribution is 6.18. The van der Waals surface area contributed by atoms with Crippen LogP contribution in [0.1, 0.15) is 24.2 Å². The minimum absolute atomic E-state index is 0.0714. The van der Waals surface area contributed by atoms with E-state index in [1.54, 1.807) is 37.3 Å². The van der Waals surface area contributed by atoms with Gasteiger partial charge in [-0.05, 0) is 32.0 Å². The van der Waals surface area contributed by atoms with Gasteiger partial charge >= 0.3 is 0 Å². The van der Waals surface area contributed by atoms with E-state index in [-0.39, 0.29) is 11.9 Å². The predicted molar refractivity (Wildman–Crippen MR) is 76.4 cm³/mol. The minimum Gasteiger partial charge on any atom is -0.497 e. The fourth-order valence-electron chi connectivity index (χ4n) is 1.82. The first kappa shape index (κ1) is 15.6. The molecule has 0 saturated carbocycles. The van der Waals surface area contributed by atoms with E-state index in [0.29, 0.717) is 29.5 Å². The van der Waals surface area contributed by atoms with Crippen molar-refractivity contribution in [3.05, 3.63) is 23.8 Å². The highest BCUT2D eigenvalue weighted by Crippen LogP contribution is 2.25. The monoisotopic (exact) mass is 285 g/mol. The normalized spacial score (nSPS) is 10.4. The maximum Gasteiger partial charge on any atom is 0.258 e. The smallest absolute Gasteiger partial charge is 0.258 e. The molecule has 0 fully saturated rings. The van der Waals surface area contributed by atoms with Crippen LogP contribution in [0.2, 0.25) is 0 Å². The van der Waals surface area contributed by atoms with Gasteiger partial charge in [-0.1, -0.05) is 0 Å². The van der Waals surface area contributed by atoms with Crippen LogP contribution in [0.15, 0.2) is 18.2 Å². The molecule has 0 aliphatic heterocycles. The maximum atomic E-state index is 12.6. The summed E-state index contributed by atoms with van der Waals surface area (Å²) in [4.78, 5) is 14.3. The number of halogens is 1. The number of hydrogen-bond acceptors (Lipinski definition) is 3. The molecule has 19 heavy (non-hydrogen) atoms. The lowest BCUT2D eigenvalue weighted by Gasteiger charge is -2.26. The van der Waals surface area contributed by atoms with Crippen LogP contribution in [0, 0.1) is 0 Å². The number of hydrogen-bond donors (Lipinski definition) is 0. The first-order valence-electron chi connectivity index (χ1n) is 6.14. The molecule has 106 valence electrons. The molecule has 5 heteroatoms. The first-order valence-corrected chi connectivity index (χ1v) is 6.67. The van der Waals surface area contributed by atoms with Gasteiger partial charge in [-0.15, -0.1) is 11.6 Å². The molecule has 0 atom stereocenters. The summed E-state index contributed by atoms with van der Waals surface area (Å²) >= 11 is 5.75. The molecule has 0 aliphatic carbocycles. The molecular formula is C14H20ClNO3. The molecule has 0 aromatic heterocycles. The number of ether oxygens (including phenoxy) is 2. The first-order chi connectivity index (χ1) is 9.04. The third-order valence-electron chi connectivity index (χ3n) is 2.85. The van der Waals surface area contributed by atoms with Crippen LogP contribution in [0.4, 0.5) is 0 Å². The molecule has 4 nitrogen and oxygen atoms in total. The quantitative estimate of drug-likeness (QED) is 0.755. The van der Waals surface area contributed by atoms with E-state index in [1.165, 1.54) is 0 Å². The van der Waals surface area contributed by atoms with Gasteiger partial charge in [0.2, 0.25) is 0 Å². The summed E-state index contributed by atoms with van der Waals surface area (Å²) in [5.74, 6) is 1.45. The lowest BCUT2D eigenvalue weighted by molar-refractivity contribution is 0.0714. The molecule has 0 saturated heterocycles. The van der Waals surface area contributed by atoms with Crippen molar-refractivity contribution in [1.29, 1.82) is 0 Å². The van der Waals surface area contributed by atoms with Crippen molar-refractivity contribution >= 4 is 17.5 Å². The van der Waals surface area contributed by atoms with E-state index in [9.17, 15) is 4.79 Å². The summed E-state index contributed by atoms with van der Waals surface area (Å²) < 4.78 is 10.4. The zero-order valence-electron chi connectivity index (χ0n) is 11.8. The Morgan fingerprint density at radius 2 is 2.00 bits per heavy atom. The highest BCUT2D eigenvalue weighted by atomic mass is 35.5. The second-order valence-electron chi connectivity index (χ2n) is 4.35. The van der Waals surface area contributed by atoms with Crippen molar-refractivity contribution in [3.8, 4) is 11.5 Å². The molecule has 1 amide bonds. The van der Waals surface area contributed by atoms with E-state index < -0.39 is 0 Å². The summed E-state index contributed by atoms with van der Waals surface area (Å²) in [6.07, 6.45) is 0. The number of amides is 1. The van der Waals surface area contributed by atoms with Crippen LogP contribution in [0.25, 0.3) is 0 Å². The summed E-state index contributed by atoms with van der Waals surface area (Å²) in [6, 6.07) is 5.24. The van der Waals surface area contributed by atoms with Crippen LogP contribution < -0.4 is 9.47 Å². The van der Waals surface area contributed by atoms with Crippen molar-refractivity contribution in [2.75, 3.05) is 26.6 Å². The Balaban J connectivity index is 3.14. The number of nitrogens with zero attached hydrogens (tertiary/aromatic N) is 1. The third-order valence-corrected chi connectivity index (χ3v) is 3.02. The lowest BCUT2D eigenvalue weighted by atomic mass is 10.1. The molecule has 0 unspecified atom stereocenters. The van der Waals surface area contributed by atoms with Crippen molar-refractivity contribution in [1.82, 2.24) is 4.90 Å². The fourth-order valence-corrected chi connectivity index (χ4v) is 2.00. The van der Waals surface area contributed by atoms with Gasteiger partial charge in [0.25, 0.3) is 5.91 Å². The van der Waals surface area contributed by atoms with Gasteiger partial charge in [-0.2, -0.15) is 0 Å². The molecular weight excluding hydrogens is 266 g/mol. The summed E-state index contributed by atoms with van der Waals surface area (Å²) in [7, 11) is 3.11. The Labute approximate surface area is 119 Å². The number of alkyl halides is 1. The standard InChI is InChI=1S/C14H20ClNO3/c1-10(2)16(8-7-15)14(17)12-9-11(18-3)5-6-13(12)19-4/h5-6,9-10H,7-8H2,1-4H3. The number of benzene rings is 1. The molecule has 0 heterocycles. The van der Waals surface area contributed by atoms with Crippen molar-refractivity contribution in [2.45, 2.75) is 19.9 Å². The molecule has 1 rings (SSSR count). The Morgan fingerprint density at radius 3 is 2.47 bits per heavy atom. The average molecular weight is 286 g/mol. The van der Waals surface area contributed by atoms with E-state index >= 15 is 0 Å². The van der Waals surface area contributed by atoms with Gasteiger partial charge in [-0.25, -0.2) is 0 Å². The van der Waals surface area contributed by atoms with Gasteiger partial charge in [0, 0.05) is 18.5 Å². The number of carbonyl (C=O) groups excluding carboxylic acids is 1. The third kappa shape index (κ3) is 3.77. The molecule has 0 spiro atoms. The topological polar surface area (TPSA) is 38.8 Å². The fraction of sp³-hybridized carbons (Fsp3) is 0.500. The molecule has 0 bridgehead atoms. The van der Waals surface area contributed by atoms with E-state index in [1.807, 2.05) is 13.8 Å². The van der Waals surface area contributed by atoms with Crippen LogP contribution in [-0.2, 0) is 0 Å². The molecule has 0 radical (unpaired) electrons. The van der Waals surface area contributed by atoms with E-state index in [2.05, 4.69) is 0 Å². The van der Waals surface area contributed by atoms with Gasteiger partial charge in [0.1, 0.15) is 11.5 Å². The summed E-state index contributed by atoms with van der Waals surface area (Å²) in [5.41, 5.74) is 0.487. The Bertz CT molecular complexity index is 435. The average Bonchev–Trinajstić information content (AvgIpc) is 2.42. The van der Waals surface area contributed by atoms with E-state index in [0.717, 1.165) is 0 Å². The van der Waals surface area contributed by atoms with Crippen LogP contribution in [-0.4, -0.2) is 43.5 Å². The summed E-state index contributed by atoms with van der Waals surface area (Å²) in [6.45, 7) is 4.41. The van der Waals surface area contributed by atoms with Gasteiger partial charge < -0.3 is 14.4 Å². The Kier molecular flexibility index (Phi) is 5.96. The van der Waals surface area contributed by atoms with Crippen LogP contribution in [0.5, 0.6) is 11.5 Å². The largest absolute Gasteiger partial charge is 0.497 e. The number of carbonyl (C=O) groups is 1. The van der Waals surface area contributed by atoms with Crippen LogP contribution in [0.3, 0.4) is 0 Å². The van der Waals surface area contributed by atoms with E-state index in [4.69, 9.17) is 21.1 Å². The lowest BCUT2D eigenvalue weighted by Crippen LogP contribution is -2.38. The van der Waals surface area contributed by atoms with Crippen molar-refractivity contribution in [3.63, 3.8) is 0 Å². The van der Waals surface area contributed by atoms with Crippen molar-refractivity contribution in [2.24, 2.45) is 0 Å². The van der Waals surface area contributed by atoms with Crippen LogP contribution >= 0.6 is 11.6 Å². The Hall–Kier alpha value is -1.42. The highest BCUT2D eigenvalue weighted by Gasteiger charge is 2.22. The zero-order chi connectivity index (χ0) is 14.4. The maximum absolute atomic E-state index is 12.6. The molecule has 1 aromatic carbocycles. The number of rotatable bonds is 6. The zero-order valence-corrected chi connectivity index (χ0v) is 12.5. The second-order valence-corrected chi connectivity index (χ2v) is 4.73. The predicted octanol–water partition coefficient (Wildman–Crippen LogP) is 2.79. The SMILES string of the molecule is COc1ccc(OC)c(C(=O)N(CCCl)C(C)C)c1. The van der Waals surface area contributed by atoms with Gasteiger partial charge in [-0.3, -0.25) is 4.79 Å². The Morgan fingerprint density at radius 1 is 1.32 bits per heavy atom.